The lowest BCUT2D eigenvalue weighted by Gasteiger charge is -2.35. The lowest BCUT2D eigenvalue weighted by Crippen LogP contribution is -2.69. The molecule has 32 heavy (non-hydrogen) atoms. The van der Waals surface area contributed by atoms with Crippen molar-refractivity contribution < 1.29 is 44.3 Å². The Morgan fingerprint density at radius 2 is 1.53 bits per heavy atom. The second kappa shape index (κ2) is 8.98. The number of aryl methyl sites for hydroxylation is 1. The van der Waals surface area contributed by atoms with Gasteiger partial charge < -0.3 is 10.1 Å². The summed E-state index contributed by atoms with van der Waals surface area (Å²) >= 11 is 0. The maximum Gasteiger partial charge on any atom is 0.437 e. The predicted octanol–water partition coefficient (Wildman–Crippen LogP) is 4.23. The average Bonchev–Trinajstić information content (AvgIpc) is 2.66. The molecule has 0 bridgehead atoms. The Labute approximate surface area is 179 Å². The molecule has 0 fully saturated rings. The normalized spacial score (nSPS) is 14.5. The molecule has 6 nitrogen and oxygen atoms in total. The zero-order valence-corrected chi connectivity index (χ0v) is 17.5. The molecule has 2 N–H and O–H groups in total. The summed E-state index contributed by atoms with van der Waals surface area (Å²) in [6.07, 6.45) is -10.9. The first-order chi connectivity index (χ1) is 14.6. The lowest BCUT2D eigenvalue weighted by molar-refractivity contribution is -0.203. The van der Waals surface area contributed by atoms with Gasteiger partial charge in [0.05, 0.1) is 17.1 Å². The Hall–Kier alpha value is -2.80. The minimum Gasteiger partial charge on any atom is -0.463 e. The number of esters is 1. The topological polar surface area (TPSA) is 84.5 Å². The van der Waals surface area contributed by atoms with E-state index in [1.807, 2.05) is 0 Å². The molecule has 0 saturated heterocycles. The van der Waals surface area contributed by atoms with Gasteiger partial charge in [0, 0.05) is 5.69 Å². The zero-order chi connectivity index (χ0) is 24.4. The van der Waals surface area contributed by atoms with Crippen molar-refractivity contribution >= 4 is 21.7 Å². The number of carbonyl (C=O) groups excluding carboxylic acids is 1. The number of anilines is 1. The number of para-hydroxylation sites is 1. The largest absolute Gasteiger partial charge is 0.463 e. The van der Waals surface area contributed by atoms with E-state index >= 15 is 0 Å². The van der Waals surface area contributed by atoms with Crippen LogP contribution in [0.2, 0.25) is 0 Å². The maximum atomic E-state index is 14.2. The summed E-state index contributed by atoms with van der Waals surface area (Å²) in [6, 6.07) is 7.55. The molecule has 1 atom stereocenters. The van der Waals surface area contributed by atoms with Gasteiger partial charge in [0.25, 0.3) is 5.66 Å². The number of hydrogen-bond acceptors (Lipinski definition) is 5. The number of nitrogens with one attached hydrogen (secondary N) is 2. The zero-order valence-electron chi connectivity index (χ0n) is 16.6. The minimum atomic E-state index is -5.75. The smallest absolute Gasteiger partial charge is 0.437 e. The SMILES string of the molecule is CCOC(=O)[C@@](Nc1ccccc1C(F)(F)F)(NS(=O)(=O)c1ccc(C)cc1)C(F)(F)F. The summed E-state index contributed by atoms with van der Waals surface area (Å²) in [6.45, 7) is 2.14. The van der Waals surface area contributed by atoms with E-state index in [0.29, 0.717) is 17.7 Å². The summed E-state index contributed by atoms with van der Waals surface area (Å²) in [5.74, 6) is -2.18. The Kier molecular flexibility index (Phi) is 7.15. The third-order valence-corrected chi connectivity index (χ3v) is 5.65. The maximum absolute atomic E-state index is 14.2. The van der Waals surface area contributed by atoms with E-state index in [4.69, 9.17) is 0 Å². The van der Waals surface area contributed by atoms with Crippen molar-refractivity contribution in [2.24, 2.45) is 0 Å². The molecule has 2 aromatic rings. The molecule has 0 saturated carbocycles. The van der Waals surface area contributed by atoms with E-state index in [-0.39, 0.29) is 0 Å². The van der Waals surface area contributed by atoms with Crippen molar-refractivity contribution in [1.29, 1.82) is 0 Å². The van der Waals surface area contributed by atoms with Crippen LogP contribution in [0.4, 0.5) is 32.0 Å². The van der Waals surface area contributed by atoms with Gasteiger partial charge in [-0.05, 0) is 38.1 Å². The van der Waals surface area contributed by atoms with E-state index in [1.54, 1.807) is 6.92 Å². The number of alkyl halides is 6. The second-order valence-electron chi connectivity index (χ2n) is 6.56. The second-order valence-corrected chi connectivity index (χ2v) is 8.24. The average molecular weight is 484 g/mol. The van der Waals surface area contributed by atoms with Crippen LogP contribution < -0.4 is 10.0 Å². The first-order valence-corrected chi connectivity index (χ1v) is 10.4. The van der Waals surface area contributed by atoms with Gasteiger partial charge in [0.15, 0.2) is 0 Å². The monoisotopic (exact) mass is 484 g/mol. The summed E-state index contributed by atoms with van der Waals surface area (Å²) in [7, 11) is -5.06. The van der Waals surface area contributed by atoms with Gasteiger partial charge in [-0.2, -0.15) is 31.1 Å². The predicted molar refractivity (Wildman–Crippen MR) is 102 cm³/mol. The highest BCUT2D eigenvalue weighted by Crippen LogP contribution is 2.39. The fourth-order valence-electron chi connectivity index (χ4n) is 2.62. The van der Waals surface area contributed by atoms with Crippen molar-refractivity contribution in [3.63, 3.8) is 0 Å². The molecule has 0 heterocycles. The number of halogens is 6. The number of rotatable bonds is 7. The summed E-state index contributed by atoms with van der Waals surface area (Å²) in [5, 5.41) is 1.42. The molecule has 0 aliphatic rings. The van der Waals surface area contributed by atoms with Crippen LogP contribution in [0, 0.1) is 6.92 Å². The molecule has 0 aliphatic carbocycles. The summed E-state index contributed by atoms with van der Waals surface area (Å²) in [4.78, 5) is 11.8. The van der Waals surface area contributed by atoms with Crippen LogP contribution in [0.1, 0.15) is 18.1 Å². The van der Waals surface area contributed by atoms with E-state index in [1.165, 1.54) is 22.2 Å². The van der Waals surface area contributed by atoms with Crippen LogP contribution in [0.25, 0.3) is 0 Å². The number of hydrogen-bond donors (Lipinski definition) is 2. The third kappa shape index (κ3) is 5.33. The fourth-order valence-corrected chi connectivity index (χ4v) is 3.89. The molecule has 0 radical (unpaired) electrons. The molecule has 2 aromatic carbocycles. The molecule has 176 valence electrons. The lowest BCUT2D eigenvalue weighted by atomic mass is 10.1. The highest BCUT2D eigenvalue weighted by atomic mass is 32.2. The van der Waals surface area contributed by atoms with Gasteiger partial charge >= 0.3 is 18.3 Å². The first kappa shape index (κ1) is 25.5. The van der Waals surface area contributed by atoms with Crippen LogP contribution in [0.3, 0.4) is 0 Å². The van der Waals surface area contributed by atoms with Gasteiger partial charge in [0.2, 0.25) is 10.0 Å². The van der Waals surface area contributed by atoms with Crippen molar-refractivity contribution in [3.8, 4) is 0 Å². The van der Waals surface area contributed by atoms with E-state index in [0.717, 1.165) is 31.2 Å². The van der Waals surface area contributed by atoms with E-state index < -0.39 is 56.8 Å². The number of ether oxygens (including phenoxy) is 1. The summed E-state index contributed by atoms with van der Waals surface area (Å²) < 4.78 is 114. The highest BCUT2D eigenvalue weighted by molar-refractivity contribution is 7.89. The standard InChI is InChI=1S/C19H18F6N2O4S/c1-3-31-16(28)17(19(23,24)25,26-15-7-5-4-6-14(15)18(20,21)22)27-32(29,30)13-10-8-12(2)9-11-13/h4-11,26-27H,3H2,1-2H3/t17-/m1/s1. The molecular weight excluding hydrogens is 466 g/mol. The van der Waals surface area contributed by atoms with Gasteiger partial charge in [0.1, 0.15) is 0 Å². The summed E-state index contributed by atoms with van der Waals surface area (Å²) in [5.41, 5.74) is -6.40. The van der Waals surface area contributed by atoms with Crippen molar-refractivity contribution in [3.05, 3.63) is 59.7 Å². The van der Waals surface area contributed by atoms with Gasteiger partial charge in [-0.3, -0.25) is 0 Å². The van der Waals surface area contributed by atoms with E-state index in [2.05, 4.69) is 4.74 Å². The van der Waals surface area contributed by atoms with Crippen molar-refractivity contribution in [1.82, 2.24) is 4.72 Å². The van der Waals surface area contributed by atoms with Crippen LogP contribution in [0.5, 0.6) is 0 Å². The van der Waals surface area contributed by atoms with Crippen LogP contribution in [0.15, 0.2) is 53.4 Å². The molecule has 0 spiro atoms. The highest BCUT2D eigenvalue weighted by Gasteiger charge is 2.65. The van der Waals surface area contributed by atoms with Gasteiger partial charge in [-0.15, -0.1) is 0 Å². The fraction of sp³-hybridized carbons (Fsp3) is 0.316. The number of sulfonamides is 1. The van der Waals surface area contributed by atoms with E-state index in [9.17, 15) is 39.6 Å². The molecule has 0 amide bonds. The molecule has 0 aliphatic heterocycles. The van der Waals surface area contributed by atoms with Crippen molar-refractivity contribution in [2.75, 3.05) is 11.9 Å². The van der Waals surface area contributed by atoms with Gasteiger partial charge in [-0.25, -0.2) is 13.2 Å². The van der Waals surface area contributed by atoms with Crippen LogP contribution in [-0.2, 0) is 25.7 Å². The van der Waals surface area contributed by atoms with Crippen LogP contribution in [-0.4, -0.2) is 32.8 Å². The first-order valence-electron chi connectivity index (χ1n) is 8.93. The molecule has 0 unspecified atom stereocenters. The minimum absolute atomic E-state index is 0.475. The van der Waals surface area contributed by atoms with Crippen molar-refractivity contribution in [2.45, 2.75) is 36.8 Å². The number of carbonyl (C=O) groups is 1. The Morgan fingerprint density at radius 3 is 2.03 bits per heavy atom. The number of benzene rings is 2. The Morgan fingerprint density at radius 1 is 0.969 bits per heavy atom. The molecular formula is C19H18F6N2O4S. The Balaban J connectivity index is 2.70. The quantitative estimate of drug-likeness (QED) is 0.349. The van der Waals surface area contributed by atoms with Crippen LogP contribution >= 0.6 is 0 Å². The molecule has 13 heteroatoms. The third-order valence-electron chi connectivity index (χ3n) is 4.18. The van der Waals surface area contributed by atoms with Gasteiger partial charge in [-0.1, -0.05) is 29.8 Å². The Bertz CT molecular complexity index is 1070. The molecule has 0 aromatic heterocycles. The molecule has 2 rings (SSSR count).